The molecule has 0 unspecified atom stereocenters. The molecule has 6 nitrogen and oxygen atoms in total. The first-order valence-corrected chi connectivity index (χ1v) is 11.1. The van der Waals surface area contributed by atoms with Gasteiger partial charge in [0.2, 0.25) is 15.9 Å². The lowest BCUT2D eigenvalue weighted by atomic mass is 9.91. The second kappa shape index (κ2) is 10.9. The molecule has 1 rings (SSSR count). The van der Waals surface area contributed by atoms with Crippen LogP contribution in [-0.4, -0.2) is 79.1 Å². The molecule has 0 atom stereocenters. The molecule has 0 amide bonds. The van der Waals surface area contributed by atoms with Gasteiger partial charge in [-0.2, -0.15) is 78.9 Å². The summed E-state index contributed by atoms with van der Waals surface area (Å²) in [4.78, 5) is 9.74. The van der Waals surface area contributed by atoms with E-state index in [1.807, 2.05) is 0 Å². The minimum atomic E-state index is -8.72. The number of benzene rings is 1. The van der Waals surface area contributed by atoms with E-state index in [0.717, 1.165) is 7.05 Å². The molecule has 1 N–H and O–H groups in total. The van der Waals surface area contributed by atoms with Crippen molar-refractivity contribution in [2.75, 3.05) is 13.6 Å². The highest BCUT2D eigenvalue weighted by atomic mass is 32.2. The molecule has 1 aromatic rings. The first-order chi connectivity index (χ1) is 18.4. The number of nitrogens with zero attached hydrogens (tertiary/aromatic N) is 1. The van der Waals surface area contributed by atoms with Crippen LogP contribution >= 0.6 is 0 Å². The number of hydrogen-bond acceptors (Lipinski definition) is 4. The third kappa shape index (κ3) is 5.77. The van der Waals surface area contributed by atoms with Crippen LogP contribution in [0, 0.1) is 0 Å². The number of sulfonamides is 1. The fraction of sp³-hybridized carbons (Fsp3) is 0.500. The maximum Gasteiger partial charge on any atom is 0.460 e. The van der Waals surface area contributed by atoms with Crippen molar-refractivity contribution in [3.63, 3.8) is 0 Å². The Hall–Kier alpha value is -3.05. The van der Waals surface area contributed by atoms with Gasteiger partial charge in [0.15, 0.2) is 0 Å². The minimum absolute atomic E-state index is 0.206. The van der Waals surface area contributed by atoms with E-state index < -0.39 is 86.7 Å². The van der Waals surface area contributed by atoms with E-state index in [0.29, 0.717) is 12.1 Å². The van der Waals surface area contributed by atoms with Crippen molar-refractivity contribution in [3.8, 4) is 5.75 Å². The first kappa shape index (κ1) is 37.0. The summed E-state index contributed by atoms with van der Waals surface area (Å²) in [6.07, 6.45) is -7.85. The van der Waals surface area contributed by atoms with Crippen molar-refractivity contribution in [2.24, 2.45) is 0 Å². The fourth-order valence-electron chi connectivity index (χ4n) is 2.51. The largest absolute Gasteiger partial charge is 0.480 e. The molecule has 0 radical (unpaired) electrons. The van der Waals surface area contributed by atoms with Gasteiger partial charge < -0.3 is 9.84 Å². The van der Waals surface area contributed by atoms with E-state index in [2.05, 4.69) is 4.74 Å². The summed E-state index contributed by atoms with van der Waals surface area (Å²) in [6, 6.07) is -2.57. The predicted molar refractivity (Wildman–Crippen MR) is 99.5 cm³/mol. The highest BCUT2D eigenvalue weighted by Crippen LogP contribution is 2.63. The van der Waals surface area contributed by atoms with Crippen LogP contribution in [0.2, 0.25) is 0 Å². The molecule has 0 heterocycles. The van der Waals surface area contributed by atoms with E-state index in [9.17, 15) is 87.8 Å². The van der Waals surface area contributed by atoms with Gasteiger partial charge in [-0.1, -0.05) is 0 Å². The van der Waals surface area contributed by atoms with Gasteiger partial charge in [0.05, 0.1) is 4.90 Å². The third-order valence-electron chi connectivity index (χ3n) is 4.87. The Morgan fingerprint density at radius 1 is 0.738 bits per heavy atom. The number of allylic oxidation sites excluding steroid dienone is 1. The van der Waals surface area contributed by atoms with Crippen molar-refractivity contribution in [3.05, 3.63) is 36.1 Å². The number of rotatable bonds is 12. The minimum Gasteiger partial charge on any atom is -0.480 e. The standard InChI is InChI=1S/C18H10F17NO5S/c1-36(6-9(37)38)42(39,40)8-4-2-7(3-5-8)41-11(20)10(19)12(21,22)13(23,24)14(25,26)15(27,28)16(29,30)17(31,32)18(33,34)35/h2-5H,6H2,1H3,(H,37,38). The summed E-state index contributed by atoms with van der Waals surface area (Å²) in [5, 5.41) is 8.59. The van der Waals surface area contributed by atoms with Crippen LogP contribution in [0.1, 0.15) is 0 Å². The molecule has 0 aromatic heterocycles. The molecule has 0 aliphatic heterocycles. The number of halogens is 17. The van der Waals surface area contributed by atoms with Crippen molar-refractivity contribution in [1.29, 1.82) is 0 Å². The van der Waals surface area contributed by atoms with Crippen molar-refractivity contribution in [1.82, 2.24) is 4.31 Å². The molecule has 0 aliphatic carbocycles. The predicted octanol–water partition coefficient (Wildman–Crippen LogP) is 6.25. The number of carboxylic acids is 1. The van der Waals surface area contributed by atoms with E-state index in [4.69, 9.17) is 5.11 Å². The summed E-state index contributed by atoms with van der Waals surface area (Å²) < 4.78 is 253. The van der Waals surface area contributed by atoms with Crippen molar-refractivity contribution >= 4 is 16.0 Å². The second-order valence-corrected chi connectivity index (χ2v) is 9.80. The molecule has 0 aliphatic rings. The average molecular weight is 675 g/mol. The maximum absolute atomic E-state index is 13.8. The fourth-order valence-corrected chi connectivity index (χ4v) is 3.63. The molecule has 0 spiro atoms. The highest BCUT2D eigenvalue weighted by Gasteiger charge is 2.93. The summed E-state index contributed by atoms with van der Waals surface area (Å²) in [5.41, 5.74) is 0. The molecular formula is C18H10F17NO5S. The van der Waals surface area contributed by atoms with Crippen LogP contribution in [0.3, 0.4) is 0 Å². The van der Waals surface area contributed by atoms with Crippen LogP contribution in [0.15, 0.2) is 41.0 Å². The molecule has 0 fully saturated rings. The summed E-state index contributed by atoms with van der Waals surface area (Å²) in [7, 11) is -3.91. The third-order valence-corrected chi connectivity index (χ3v) is 6.69. The molecule has 24 heteroatoms. The zero-order valence-corrected chi connectivity index (χ0v) is 20.2. The van der Waals surface area contributed by atoms with Crippen LogP contribution in [0.25, 0.3) is 0 Å². The quantitative estimate of drug-likeness (QED) is 0.209. The van der Waals surface area contributed by atoms with Crippen molar-refractivity contribution in [2.45, 2.75) is 46.6 Å². The molecule has 242 valence electrons. The Balaban J connectivity index is 3.49. The monoisotopic (exact) mass is 675 g/mol. The number of alkyl halides is 15. The van der Waals surface area contributed by atoms with Gasteiger partial charge in [-0.15, -0.1) is 0 Å². The topological polar surface area (TPSA) is 83.9 Å². The van der Waals surface area contributed by atoms with Gasteiger partial charge in [0.25, 0.3) is 0 Å². The molecule has 1 aromatic carbocycles. The molecule has 42 heavy (non-hydrogen) atoms. The lowest BCUT2D eigenvalue weighted by molar-refractivity contribution is -0.451. The molecule has 0 saturated heterocycles. The Labute approximate surface area is 221 Å². The summed E-state index contributed by atoms with van der Waals surface area (Å²) in [6.45, 7) is -1.13. The first-order valence-electron chi connectivity index (χ1n) is 9.71. The highest BCUT2D eigenvalue weighted by molar-refractivity contribution is 7.89. The summed E-state index contributed by atoms with van der Waals surface area (Å²) in [5.74, 6) is -58.0. The van der Waals surface area contributed by atoms with E-state index >= 15 is 0 Å². The smallest absolute Gasteiger partial charge is 0.460 e. The number of carboxylic acid groups (broad SMARTS) is 1. The number of hydrogen-bond donors (Lipinski definition) is 1. The zero-order chi connectivity index (χ0) is 33.7. The average Bonchev–Trinajstić information content (AvgIpc) is 2.81. The Morgan fingerprint density at radius 2 is 1.12 bits per heavy atom. The van der Waals surface area contributed by atoms with Gasteiger partial charge in [-0.3, -0.25) is 4.79 Å². The molecular weight excluding hydrogens is 665 g/mol. The van der Waals surface area contributed by atoms with E-state index in [1.54, 1.807) is 0 Å². The maximum atomic E-state index is 13.8. The van der Waals surface area contributed by atoms with Crippen molar-refractivity contribution < 1.29 is 97.7 Å². The van der Waals surface area contributed by atoms with Crippen LogP contribution in [-0.2, 0) is 14.8 Å². The van der Waals surface area contributed by atoms with Gasteiger partial charge in [-0.05, 0) is 24.3 Å². The molecule has 0 bridgehead atoms. The van der Waals surface area contributed by atoms with Gasteiger partial charge >= 0.3 is 53.7 Å². The lowest BCUT2D eigenvalue weighted by Crippen LogP contribution is -2.72. The number of carbonyl (C=O) groups is 1. The van der Waals surface area contributed by atoms with Crippen LogP contribution < -0.4 is 4.74 Å². The Kier molecular flexibility index (Phi) is 9.59. The normalized spacial score (nSPS) is 15.5. The van der Waals surface area contributed by atoms with Gasteiger partial charge in [0.1, 0.15) is 12.3 Å². The number of likely N-dealkylation sites (N-methyl/N-ethyl adjacent to an activating group) is 1. The Bertz CT molecular complexity index is 1310. The van der Waals surface area contributed by atoms with Gasteiger partial charge in [0, 0.05) is 7.05 Å². The van der Waals surface area contributed by atoms with Gasteiger partial charge in [-0.25, -0.2) is 8.42 Å². The van der Waals surface area contributed by atoms with Crippen LogP contribution in [0.4, 0.5) is 74.6 Å². The number of aliphatic carboxylic acids is 1. The summed E-state index contributed by atoms with van der Waals surface area (Å²) >= 11 is 0. The van der Waals surface area contributed by atoms with E-state index in [-0.39, 0.29) is 16.4 Å². The zero-order valence-electron chi connectivity index (χ0n) is 19.4. The van der Waals surface area contributed by atoms with Crippen LogP contribution in [0.5, 0.6) is 5.75 Å². The number of ether oxygens (including phenoxy) is 1. The van der Waals surface area contributed by atoms with E-state index in [1.165, 1.54) is 0 Å². The second-order valence-electron chi connectivity index (χ2n) is 7.76. The Morgan fingerprint density at radius 3 is 1.50 bits per heavy atom. The SMILES string of the molecule is CN(CC(=O)O)S(=O)(=O)c1ccc(OC(F)=C(F)C(F)(F)C(F)(F)C(F)(F)C(F)(F)C(F)(F)C(F)(F)C(F)(F)F)cc1. The molecule has 0 saturated carbocycles. The lowest BCUT2D eigenvalue weighted by Gasteiger charge is -2.41.